The van der Waals surface area contributed by atoms with Gasteiger partial charge in [0.05, 0.1) is 30.9 Å². The molecule has 226 valence electrons. The van der Waals surface area contributed by atoms with Gasteiger partial charge < -0.3 is 14.6 Å². The van der Waals surface area contributed by atoms with Gasteiger partial charge in [-0.1, -0.05) is 66.8 Å². The van der Waals surface area contributed by atoms with E-state index in [-0.39, 0.29) is 33.6 Å². The van der Waals surface area contributed by atoms with E-state index in [0.29, 0.717) is 33.4 Å². The van der Waals surface area contributed by atoms with Crippen LogP contribution in [0.25, 0.3) is 5.76 Å². The Bertz CT molecular complexity index is 1710. The zero-order chi connectivity index (χ0) is 31.2. The Kier molecular flexibility index (Phi) is 9.71. The Morgan fingerprint density at radius 1 is 1.02 bits per heavy atom. The molecule has 2 heterocycles. The number of hydrogen-bond donors (Lipinski definition) is 1. The van der Waals surface area contributed by atoms with Crippen LogP contribution in [0.3, 0.4) is 0 Å². The van der Waals surface area contributed by atoms with Crippen molar-refractivity contribution in [2.45, 2.75) is 35.9 Å². The first-order valence-electron chi connectivity index (χ1n) is 13.7. The highest BCUT2D eigenvalue weighted by Crippen LogP contribution is 2.44. The van der Waals surface area contributed by atoms with Crippen molar-refractivity contribution in [2.24, 2.45) is 0 Å². The van der Waals surface area contributed by atoms with Crippen LogP contribution in [0.15, 0.2) is 82.7 Å². The molecular formula is C32H28FN3O6S2. The van der Waals surface area contributed by atoms with Gasteiger partial charge in [0, 0.05) is 11.3 Å². The number of aliphatic hydroxyl groups is 1. The molecule has 5 rings (SSSR count). The minimum absolute atomic E-state index is 0.129. The summed E-state index contributed by atoms with van der Waals surface area (Å²) in [5, 5.41) is 19.9. The van der Waals surface area contributed by atoms with Gasteiger partial charge >= 0.3 is 11.9 Å². The van der Waals surface area contributed by atoms with Crippen molar-refractivity contribution in [3.05, 3.63) is 106 Å². The minimum atomic E-state index is -1.07. The van der Waals surface area contributed by atoms with Crippen LogP contribution in [0, 0.1) is 5.82 Å². The lowest BCUT2D eigenvalue weighted by atomic mass is 9.94. The lowest BCUT2D eigenvalue weighted by molar-refractivity contribution is -0.132. The summed E-state index contributed by atoms with van der Waals surface area (Å²) >= 11 is 2.31. The number of unbranched alkanes of at least 4 members (excludes halogenated alkanes) is 1. The highest BCUT2D eigenvalue weighted by Gasteiger charge is 2.48. The standard InChI is InChI=1S/C32H28FN3O6S2/c1-3-4-17-42-23-15-13-20(14-16-23)27(37)25-26(19-9-11-21(12-10-19)30(40)41-2)36(29(39)28(25)38)31-34-35-32(44-31)43-18-22-7-5-6-8-24(22)33/h5-16,26,37H,3-4,17-18H2,1-2H3/t26-/m0/s1. The van der Waals surface area contributed by atoms with E-state index in [0.717, 1.165) is 24.2 Å². The van der Waals surface area contributed by atoms with Gasteiger partial charge in [-0.2, -0.15) is 0 Å². The van der Waals surface area contributed by atoms with Crippen LogP contribution >= 0.6 is 23.1 Å². The van der Waals surface area contributed by atoms with Crippen LogP contribution in [-0.4, -0.2) is 46.7 Å². The molecule has 4 aromatic rings. The first-order valence-corrected chi connectivity index (χ1v) is 15.5. The number of carbonyl (C=O) groups excluding carboxylic acids is 3. The molecule has 1 aliphatic heterocycles. The summed E-state index contributed by atoms with van der Waals surface area (Å²) in [4.78, 5) is 40.3. The molecule has 1 N–H and O–H groups in total. The Balaban J connectivity index is 1.51. The van der Waals surface area contributed by atoms with Crippen molar-refractivity contribution >= 4 is 51.6 Å². The van der Waals surface area contributed by atoms with Crippen molar-refractivity contribution < 1.29 is 33.4 Å². The number of amides is 1. The molecule has 44 heavy (non-hydrogen) atoms. The van der Waals surface area contributed by atoms with E-state index >= 15 is 0 Å². The number of Topliss-reactive ketones (excluding diaryl/α,β-unsaturated/α-hetero) is 1. The van der Waals surface area contributed by atoms with Gasteiger partial charge in [0.2, 0.25) is 5.13 Å². The van der Waals surface area contributed by atoms with E-state index < -0.39 is 23.7 Å². The van der Waals surface area contributed by atoms with Gasteiger partial charge in [-0.05, 0) is 60.0 Å². The van der Waals surface area contributed by atoms with Crippen LogP contribution in [0.2, 0.25) is 0 Å². The Morgan fingerprint density at radius 2 is 1.73 bits per heavy atom. The average molecular weight is 634 g/mol. The summed E-state index contributed by atoms with van der Waals surface area (Å²) in [7, 11) is 1.27. The van der Waals surface area contributed by atoms with E-state index in [2.05, 4.69) is 17.1 Å². The molecule has 0 radical (unpaired) electrons. The number of halogens is 1. The number of aromatic nitrogens is 2. The summed E-state index contributed by atoms with van der Waals surface area (Å²) in [6.07, 6.45) is 1.88. The van der Waals surface area contributed by atoms with E-state index in [1.165, 1.54) is 42.0 Å². The maximum Gasteiger partial charge on any atom is 0.337 e. The number of ketones is 1. The predicted molar refractivity (Wildman–Crippen MR) is 165 cm³/mol. The fraction of sp³-hybridized carbons (Fsp3) is 0.219. The highest BCUT2D eigenvalue weighted by atomic mass is 32.2. The molecular weight excluding hydrogens is 605 g/mol. The van der Waals surface area contributed by atoms with Crippen LogP contribution in [0.4, 0.5) is 9.52 Å². The van der Waals surface area contributed by atoms with E-state index in [1.807, 2.05) is 0 Å². The monoisotopic (exact) mass is 633 g/mol. The number of esters is 1. The number of anilines is 1. The number of methoxy groups -OCH3 is 1. The fourth-order valence-corrected chi connectivity index (χ4v) is 6.43. The van der Waals surface area contributed by atoms with Crippen molar-refractivity contribution in [1.29, 1.82) is 0 Å². The Hall–Kier alpha value is -4.55. The Morgan fingerprint density at radius 3 is 2.41 bits per heavy atom. The summed E-state index contributed by atoms with van der Waals surface area (Å²) in [5.74, 6) is -2.15. The molecule has 0 aliphatic carbocycles. The first kappa shape index (κ1) is 30.9. The lowest BCUT2D eigenvalue weighted by Crippen LogP contribution is -2.29. The van der Waals surface area contributed by atoms with Crippen molar-refractivity contribution in [2.75, 3.05) is 18.6 Å². The lowest BCUT2D eigenvalue weighted by Gasteiger charge is -2.22. The summed E-state index contributed by atoms with van der Waals surface area (Å²) in [6, 6.07) is 18.1. The molecule has 12 heteroatoms. The summed E-state index contributed by atoms with van der Waals surface area (Å²) < 4.78 is 25.1. The van der Waals surface area contributed by atoms with Crippen molar-refractivity contribution in [3.63, 3.8) is 0 Å². The number of thioether (sulfide) groups is 1. The second-order valence-electron chi connectivity index (χ2n) is 9.74. The van der Waals surface area contributed by atoms with Crippen LogP contribution < -0.4 is 9.64 Å². The van der Waals surface area contributed by atoms with Crippen molar-refractivity contribution in [3.8, 4) is 5.75 Å². The SMILES string of the molecule is CCCCOc1ccc(C(O)=C2C(=O)C(=O)N(c3nnc(SCc4ccccc4F)s3)[C@H]2c2ccc(C(=O)OC)cc2)cc1. The van der Waals surface area contributed by atoms with Gasteiger partial charge in [0.1, 0.15) is 17.3 Å². The number of benzene rings is 3. The number of ether oxygens (including phenoxy) is 2. The van der Waals surface area contributed by atoms with E-state index in [1.54, 1.807) is 54.6 Å². The van der Waals surface area contributed by atoms with Gasteiger partial charge in [-0.3, -0.25) is 14.5 Å². The quantitative estimate of drug-likeness (QED) is 0.0372. The minimum Gasteiger partial charge on any atom is -0.507 e. The van der Waals surface area contributed by atoms with Gasteiger partial charge in [0.15, 0.2) is 4.34 Å². The number of carbonyl (C=O) groups is 3. The summed E-state index contributed by atoms with van der Waals surface area (Å²) in [5.41, 5.74) is 1.39. The first-order chi connectivity index (χ1) is 21.3. The molecule has 9 nitrogen and oxygen atoms in total. The topological polar surface area (TPSA) is 119 Å². The van der Waals surface area contributed by atoms with Gasteiger partial charge in [-0.25, -0.2) is 9.18 Å². The van der Waals surface area contributed by atoms with E-state index in [9.17, 15) is 23.9 Å². The zero-order valence-electron chi connectivity index (χ0n) is 23.9. The highest BCUT2D eigenvalue weighted by molar-refractivity contribution is 8.00. The zero-order valence-corrected chi connectivity index (χ0v) is 25.5. The van der Waals surface area contributed by atoms with Gasteiger partial charge in [-0.15, -0.1) is 10.2 Å². The second-order valence-corrected chi connectivity index (χ2v) is 11.9. The third-order valence-corrected chi connectivity index (χ3v) is 9.00. The molecule has 0 saturated carbocycles. The molecule has 1 fully saturated rings. The number of aliphatic hydroxyl groups excluding tert-OH is 1. The number of nitrogens with zero attached hydrogens (tertiary/aromatic N) is 3. The predicted octanol–water partition coefficient (Wildman–Crippen LogP) is 6.56. The molecule has 1 atom stereocenters. The molecule has 1 saturated heterocycles. The maximum absolute atomic E-state index is 14.1. The largest absolute Gasteiger partial charge is 0.507 e. The molecule has 1 aliphatic rings. The third kappa shape index (κ3) is 6.51. The Labute approximate surface area is 261 Å². The van der Waals surface area contributed by atoms with E-state index in [4.69, 9.17) is 9.47 Å². The number of rotatable bonds is 11. The maximum atomic E-state index is 14.1. The second kappa shape index (κ2) is 13.8. The molecule has 1 amide bonds. The summed E-state index contributed by atoms with van der Waals surface area (Å²) in [6.45, 7) is 2.61. The average Bonchev–Trinajstić information content (AvgIpc) is 3.62. The molecule has 0 unspecified atom stereocenters. The molecule has 0 bridgehead atoms. The van der Waals surface area contributed by atoms with Crippen LogP contribution in [-0.2, 0) is 20.1 Å². The molecule has 3 aromatic carbocycles. The number of hydrogen-bond acceptors (Lipinski definition) is 10. The molecule has 0 spiro atoms. The normalized spacial score (nSPS) is 15.9. The van der Waals surface area contributed by atoms with Crippen LogP contribution in [0.1, 0.15) is 52.9 Å². The van der Waals surface area contributed by atoms with Gasteiger partial charge in [0.25, 0.3) is 5.78 Å². The van der Waals surface area contributed by atoms with Crippen LogP contribution in [0.5, 0.6) is 5.75 Å². The smallest absolute Gasteiger partial charge is 0.337 e. The fourth-order valence-electron chi connectivity index (χ4n) is 4.58. The molecule has 1 aromatic heterocycles. The van der Waals surface area contributed by atoms with Crippen molar-refractivity contribution in [1.82, 2.24) is 10.2 Å². The third-order valence-electron chi connectivity index (χ3n) is 6.90.